The average molecular weight is 348 g/mol. The molecule has 0 radical (unpaired) electrons. The monoisotopic (exact) mass is 348 g/mol. The predicted octanol–water partition coefficient (Wildman–Crippen LogP) is 2.80. The van der Waals surface area contributed by atoms with Gasteiger partial charge in [0.1, 0.15) is 11.5 Å². The summed E-state index contributed by atoms with van der Waals surface area (Å²) in [6, 6.07) is 13.9. The molecular weight excluding hydrogens is 332 g/mol. The maximum atomic E-state index is 9.02. The smallest absolute Gasteiger partial charge is 0.151 e. The van der Waals surface area contributed by atoms with E-state index in [1.54, 1.807) is 23.6 Å². The molecule has 7 heteroatoms. The van der Waals surface area contributed by atoms with Gasteiger partial charge >= 0.3 is 0 Å². The van der Waals surface area contributed by atoms with Crippen LogP contribution in [0.5, 0.6) is 0 Å². The van der Waals surface area contributed by atoms with Gasteiger partial charge in [-0.3, -0.25) is 0 Å². The van der Waals surface area contributed by atoms with E-state index in [-0.39, 0.29) is 0 Å². The van der Waals surface area contributed by atoms with Crippen molar-refractivity contribution in [3.8, 4) is 16.6 Å². The van der Waals surface area contributed by atoms with Gasteiger partial charge in [-0.25, -0.2) is 4.98 Å². The minimum Gasteiger partial charge on any atom is -0.353 e. The fourth-order valence-corrected chi connectivity index (χ4v) is 3.57. The Kier molecular flexibility index (Phi) is 4.27. The highest BCUT2D eigenvalue weighted by molar-refractivity contribution is 7.13. The van der Waals surface area contributed by atoms with E-state index in [2.05, 4.69) is 37.1 Å². The van der Waals surface area contributed by atoms with E-state index in [9.17, 15) is 0 Å². The van der Waals surface area contributed by atoms with E-state index >= 15 is 0 Å². The Morgan fingerprint density at radius 2 is 1.76 bits per heavy atom. The van der Waals surface area contributed by atoms with Crippen molar-refractivity contribution in [3.63, 3.8) is 0 Å². The zero-order valence-corrected chi connectivity index (χ0v) is 14.4. The summed E-state index contributed by atoms with van der Waals surface area (Å²) in [6.45, 7) is 3.39. The summed E-state index contributed by atoms with van der Waals surface area (Å²) in [4.78, 5) is 9.94. The molecule has 1 aliphatic rings. The first-order chi connectivity index (χ1) is 12.3. The molecule has 3 aromatic rings. The number of hydrogen-bond acceptors (Lipinski definition) is 7. The fraction of sp³-hybridized carbons (Fsp3) is 0.222. The van der Waals surface area contributed by atoms with Crippen molar-refractivity contribution in [2.75, 3.05) is 36.0 Å². The Morgan fingerprint density at radius 3 is 2.40 bits per heavy atom. The number of aromatic nitrogens is 3. The van der Waals surface area contributed by atoms with Crippen molar-refractivity contribution in [1.82, 2.24) is 15.2 Å². The second-order valence-electron chi connectivity index (χ2n) is 5.74. The van der Waals surface area contributed by atoms with Gasteiger partial charge < -0.3 is 9.80 Å². The Morgan fingerprint density at radius 1 is 0.960 bits per heavy atom. The second kappa shape index (κ2) is 6.87. The Bertz CT molecular complexity index is 877. The predicted molar refractivity (Wildman–Crippen MR) is 98.7 cm³/mol. The normalized spacial score (nSPS) is 14.4. The van der Waals surface area contributed by atoms with Crippen molar-refractivity contribution in [1.29, 1.82) is 5.26 Å². The first-order valence-corrected chi connectivity index (χ1v) is 8.95. The van der Waals surface area contributed by atoms with Crippen LogP contribution >= 0.6 is 11.3 Å². The molecule has 0 atom stereocenters. The molecule has 0 aliphatic carbocycles. The van der Waals surface area contributed by atoms with Crippen molar-refractivity contribution in [2.45, 2.75) is 0 Å². The van der Waals surface area contributed by atoms with E-state index in [4.69, 9.17) is 5.26 Å². The third-order valence-electron chi connectivity index (χ3n) is 4.23. The number of anilines is 2. The van der Waals surface area contributed by atoms with Crippen LogP contribution in [0.2, 0.25) is 0 Å². The van der Waals surface area contributed by atoms with E-state index in [0.29, 0.717) is 5.56 Å². The molecule has 0 bridgehead atoms. The van der Waals surface area contributed by atoms with Crippen LogP contribution in [0.3, 0.4) is 0 Å². The molecule has 0 amide bonds. The average Bonchev–Trinajstić information content (AvgIpc) is 3.23. The molecule has 1 saturated heterocycles. The maximum Gasteiger partial charge on any atom is 0.151 e. The van der Waals surface area contributed by atoms with Gasteiger partial charge in [-0.05, 0) is 35.7 Å². The second-order valence-corrected chi connectivity index (χ2v) is 6.69. The fourth-order valence-electron chi connectivity index (χ4n) is 2.88. The maximum absolute atomic E-state index is 9.02. The number of hydrogen-bond donors (Lipinski definition) is 0. The van der Waals surface area contributed by atoms with Crippen LogP contribution in [0.15, 0.2) is 48.0 Å². The zero-order valence-electron chi connectivity index (χ0n) is 13.5. The van der Waals surface area contributed by atoms with Crippen LogP contribution in [0.1, 0.15) is 5.56 Å². The molecule has 25 heavy (non-hydrogen) atoms. The first-order valence-electron chi connectivity index (χ1n) is 8.07. The number of nitriles is 1. The highest BCUT2D eigenvalue weighted by Crippen LogP contribution is 2.24. The van der Waals surface area contributed by atoms with E-state index in [1.807, 2.05) is 29.6 Å². The Hall–Kier alpha value is -2.98. The molecule has 0 spiro atoms. The van der Waals surface area contributed by atoms with E-state index < -0.39 is 0 Å². The molecule has 1 fully saturated rings. The van der Waals surface area contributed by atoms with Crippen molar-refractivity contribution < 1.29 is 0 Å². The van der Waals surface area contributed by atoms with Gasteiger partial charge in [0.25, 0.3) is 0 Å². The third-order valence-corrected chi connectivity index (χ3v) is 5.12. The van der Waals surface area contributed by atoms with Gasteiger partial charge in [0.05, 0.1) is 16.5 Å². The van der Waals surface area contributed by atoms with E-state index in [1.165, 1.54) is 0 Å². The molecule has 4 rings (SSSR count). The van der Waals surface area contributed by atoms with Crippen molar-refractivity contribution in [2.24, 2.45) is 0 Å². The minimum atomic E-state index is 0.641. The highest BCUT2D eigenvalue weighted by Gasteiger charge is 2.19. The Balaban J connectivity index is 1.42. The van der Waals surface area contributed by atoms with Gasteiger partial charge in [0.2, 0.25) is 0 Å². The molecule has 124 valence electrons. The van der Waals surface area contributed by atoms with Gasteiger partial charge in [0, 0.05) is 32.4 Å². The van der Waals surface area contributed by atoms with Gasteiger partial charge in [-0.2, -0.15) is 5.26 Å². The van der Waals surface area contributed by atoms with Crippen LogP contribution in [0.4, 0.5) is 11.6 Å². The number of nitrogens with zero attached hydrogens (tertiary/aromatic N) is 6. The minimum absolute atomic E-state index is 0.641. The van der Waals surface area contributed by atoms with E-state index in [0.717, 1.165) is 48.4 Å². The standard InChI is InChI=1S/C18H16N6S/c19-13-14-5-6-20-18(12-14)24-9-7-23(8-10-24)17-4-3-15(21-22-17)16-2-1-11-25-16/h1-6,11-12H,7-10H2. The lowest BCUT2D eigenvalue weighted by atomic mass is 10.2. The summed E-state index contributed by atoms with van der Waals surface area (Å²) in [5.41, 5.74) is 1.55. The van der Waals surface area contributed by atoms with Crippen molar-refractivity contribution in [3.05, 3.63) is 53.5 Å². The first kappa shape index (κ1) is 15.5. The molecule has 0 saturated carbocycles. The topological polar surface area (TPSA) is 68.9 Å². The lowest BCUT2D eigenvalue weighted by Gasteiger charge is -2.35. The third kappa shape index (κ3) is 3.30. The summed E-state index contributed by atoms with van der Waals surface area (Å²) < 4.78 is 0. The Labute approximate surface area is 150 Å². The van der Waals surface area contributed by atoms with Crippen LogP contribution in [-0.2, 0) is 0 Å². The molecule has 0 aromatic carbocycles. The van der Waals surface area contributed by atoms with Crippen LogP contribution in [0.25, 0.3) is 10.6 Å². The summed E-state index contributed by atoms with van der Waals surface area (Å²) >= 11 is 1.67. The van der Waals surface area contributed by atoms with Gasteiger partial charge in [-0.15, -0.1) is 21.5 Å². The molecule has 0 N–H and O–H groups in total. The highest BCUT2D eigenvalue weighted by atomic mass is 32.1. The van der Waals surface area contributed by atoms with Crippen molar-refractivity contribution >= 4 is 23.0 Å². The van der Waals surface area contributed by atoms with Crippen LogP contribution in [-0.4, -0.2) is 41.4 Å². The summed E-state index contributed by atoms with van der Waals surface area (Å²) in [6.07, 6.45) is 1.69. The molecular formula is C18H16N6S. The van der Waals surface area contributed by atoms with Crippen LogP contribution in [0, 0.1) is 11.3 Å². The number of piperazine rings is 1. The summed E-state index contributed by atoms with van der Waals surface area (Å²) in [5, 5.41) is 19.8. The summed E-state index contributed by atoms with van der Waals surface area (Å²) in [7, 11) is 0. The molecule has 1 aliphatic heterocycles. The number of thiophene rings is 1. The molecule has 4 heterocycles. The lowest BCUT2D eigenvalue weighted by Crippen LogP contribution is -2.47. The molecule has 0 unspecified atom stereocenters. The SMILES string of the molecule is N#Cc1ccnc(N2CCN(c3ccc(-c4cccs4)nn3)CC2)c1. The van der Waals surface area contributed by atoms with Gasteiger partial charge in [-0.1, -0.05) is 6.07 Å². The zero-order chi connectivity index (χ0) is 17.1. The molecule has 6 nitrogen and oxygen atoms in total. The lowest BCUT2D eigenvalue weighted by molar-refractivity contribution is 0.638. The number of rotatable bonds is 3. The molecule has 3 aromatic heterocycles. The quantitative estimate of drug-likeness (QED) is 0.725. The number of pyridine rings is 1. The largest absolute Gasteiger partial charge is 0.353 e. The van der Waals surface area contributed by atoms with Gasteiger partial charge in [0.15, 0.2) is 5.82 Å². The van der Waals surface area contributed by atoms with Crippen LogP contribution < -0.4 is 9.80 Å². The summed E-state index contributed by atoms with van der Waals surface area (Å²) in [5.74, 6) is 1.76.